The third-order valence-electron chi connectivity index (χ3n) is 0.222. The Balaban J connectivity index is 2.82. The van der Waals surface area contributed by atoms with E-state index in [-0.39, 0.29) is 6.61 Å². The van der Waals surface area contributed by atoms with E-state index in [0.29, 0.717) is 0 Å². The summed E-state index contributed by atoms with van der Waals surface area (Å²) in [6.45, 7) is 1.85. The zero-order valence-corrected chi connectivity index (χ0v) is 4.56. The average molecular weight is 125 g/mol. The van der Waals surface area contributed by atoms with E-state index in [0.717, 1.165) is 0 Å². The Bertz CT molecular complexity index is 62.7. The highest BCUT2D eigenvalue weighted by molar-refractivity contribution is 7.73. The molecule has 0 fully saturated rings. The Morgan fingerprint density at radius 3 is 2.57 bits per heavy atom. The molecule has 0 radical (unpaired) electrons. The minimum absolute atomic E-state index is 0.230. The molecule has 0 spiro atoms. The molecule has 0 aliphatic carbocycles. The first-order valence-corrected chi connectivity index (χ1v) is 2.66. The fraction of sp³-hybridized carbons (Fsp3) is 1.00. The summed E-state index contributed by atoms with van der Waals surface area (Å²) in [4.78, 5) is 3.98. The van der Waals surface area contributed by atoms with Crippen molar-refractivity contribution in [1.82, 2.24) is 0 Å². The molecule has 0 amide bonds. The van der Waals surface area contributed by atoms with Crippen molar-refractivity contribution in [2.75, 3.05) is 6.61 Å². The third-order valence-corrected chi connectivity index (χ3v) is 0.429. The van der Waals surface area contributed by atoms with Crippen LogP contribution in [0.5, 0.6) is 0 Å². The van der Waals surface area contributed by atoms with E-state index in [2.05, 4.69) is 9.22 Å². The summed E-state index contributed by atoms with van der Waals surface area (Å²) >= 11 is -2.54. The first kappa shape index (κ1) is 7.03. The molecule has 44 valence electrons. The first-order chi connectivity index (χ1) is 3.27. The Kier molecular flexibility index (Phi) is 4.21. The zero-order valence-electron chi connectivity index (χ0n) is 3.75. The normalized spacial score (nSPS) is 14.0. The van der Waals surface area contributed by atoms with Gasteiger partial charge in [0, 0.05) is 0 Å². The molecule has 0 heterocycles. The molecule has 0 aromatic heterocycles. The maximum Gasteiger partial charge on any atom is 0.120 e. The SMILES string of the molecule is CCOOS(=O)[O-]. The molecule has 0 bridgehead atoms. The predicted molar refractivity (Wildman–Crippen MR) is 21.6 cm³/mol. The maximum absolute atomic E-state index is 9.41. The van der Waals surface area contributed by atoms with E-state index in [1.807, 2.05) is 0 Å². The van der Waals surface area contributed by atoms with Crippen molar-refractivity contribution < 1.29 is 18.0 Å². The number of rotatable bonds is 3. The van der Waals surface area contributed by atoms with Crippen molar-refractivity contribution >= 4 is 11.4 Å². The highest BCUT2D eigenvalue weighted by Gasteiger charge is 1.77. The van der Waals surface area contributed by atoms with Crippen LogP contribution in [0.2, 0.25) is 0 Å². The molecule has 0 N–H and O–H groups in total. The van der Waals surface area contributed by atoms with Crippen molar-refractivity contribution in [2.45, 2.75) is 6.92 Å². The predicted octanol–water partition coefficient (Wildman–Crippen LogP) is -0.251. The van der Waals surface area contributed by atoms with E-state index in [4.69, 9.17) is 0 Å². The van der Waals surface area contributed by atoms with Crippen LogP contribution in [0.15, 0.2) is 0 Å². The molecule has 4 nitrogen and oxygen atoms in total. The van der Waals surface area contributed by atoms with Gasteiger partial charge in [0.15, 0.2) is 0 Å². The van der Waals surface area contributed by atoms with Crippen LogP contribution < -0.4 is 0 Å². The second-order valence-corrected chi connectivity index (χ2v) is 1.22. The van der Waals surface area contributed by atoms with Crippen LogP contribution >= 0.6 is 0 Å². The highest BCUT2D eigenvalue weighted by atomic mass is 32.2. The molecule has 0 aliphatic heterocycles. The van der Waals surface area contributed by atoms with Gasteiger partial charge >= 0.3 is 0 Å². The van der Waals surface area contributed by atoms with Crippen LogP contribution in [0.4, 0.5) is 0 Å². The Labute approximate surface area is 43.8 Å². The Morgan fingerprint density at radius 1 is 1.86 bits per heavy atom. The van der Waals surface area contributed by atoms with Crippen LogP contribution in [0.25, 0.3) is 0 Å². The van der Waals surface area contributed by atoms with Gasteiger partial charge in [0.2, 0.25) is 0 Å². The van der Waals surface area contributed by atoms with Gasteiger partial charge in [0.1, 0.15) is 11.4 Å². The first-order valence-electron chi connectivity index (χ1n) is 1.66. The zero-order chi connectivity index (χ0) is 5.70. The van der Waals surface area contributed by atoms with Crippen molar-refractivity contribution in [2.24, 2.45) is 0 Å². The second-order valence-electron chi connectivity index (χ2n) is 0.679. The van der Waals surface area contributed by atoms with Gasteiger partial charge < -0.3 is 4.55 Å². The van der Waals surface area contributed by atoms with Gasteiger partial charge in [-0.1, -0.05) is 0 Å². The summed E-state index contributed by atoms with van der Waals surface area (Å²) in [7, 11) is 0. The maximum atomic E-state index is 9.41. The summed E-state index contributed by atoms with van der Waals surface area (Å²) in [5, 5.41) is 0. The molecule has 0 aliphatic rings. The lowest BCUT2D eigenvalue weighted by atomic mass is 10.9. The largest absolute Gasteiger partial charge is 0.748 e. The van der Waals surface area contributed by atoms with Crippen LogP contribution in [0, 0.1) is 0 Å². The van der Waals surface area contributed by atoms with Crippen molar-refractivity contribution in [3.05, 3.63) is 0 Å². The lowest BCUT2D eigenvalue weighted by Gasteiger charge is -2.00. The van der Waals surface area contributed by atoms with Gasteiger partial charge in [-0.25, -0.2) is 9.10 Å². The second kappa shape index (κ2) is 4.20. The smallest absolute Gasteiger partial charge is 0.120 e. The van der Waals surface area contributed by atoms with Crippen LogP contribution in [0.3, 0.4) is 0 Å². The minimum Gasteiger partial charge on any atom is -0.748 e. The standard InChI is InChI=1S/C2H6O4S/c1-2-5-6-7(3)4/h2H2,1H3,(H,3,4)/p-1. The fourth-order valence-electron chi connectivity index (χ4n) is 0.0874. The molecule has 1 unspecified atom stereocenters. The molecule has 0 saturated heterocycles. The van der Waals surface area contributed by atoms with Gasteiger partial charge in [0.25, 0.3) is 0 Å². The van der Waals surface area contributed by atoms with E-state index in [1.165, 1.54) is 0 Å². The minimum atomic E-state index is -2.54. The molecule has 0 rings (SSSR count). The van der Waals surface area contributed by atoms with E-state index in [1.54, 1.807) is 6.92 Å². The van der Waals surface area contributed by atoms with Gasteiger partial charge in [-0.15, -0.1) is 4.33 Å². The summed E-state index contributed by atoms with van der Waals surface area (Å²) in [6.07, 6.45) is 0. The molecule has 5 heteroatoms. The number of hydrogen-bond donors (Lipinski definition) is 0. The van der Waals surface area contributed by atoms with Crippen molar-refractivity contribution in [3.8, 4) is 0 Å². The highest BCUT2D eigenvalue weighted by Crippen LogP contribution is 1.78. The summed E-state index contributed by atoms with van der Waals surface area (Å²) in [5.74, 6) is 0. The summed E-state index contributed by atoms with van der Waals surface area (Å²) in [6, 6.07) is 0. The van der Waals surface area contributed by atoms with Gasteiger partial charge in [-0.2, -0.15) is 0 Å². The van der Waals surface area contributed by atoms with Crippen molar-refractivity contribution in [1.29, 1.82) is 0 Å². The van der Waals surface area contributed by atoms with Crippen LogP contribution in [0.1, 0.15) is 6.92 Å². The van der Waals surface area contributed by atoms with E-state index in [9.17, 15) is 8.76 Å². The van der Waals surface area contributed by atoms with Gasteiger partial charge in [0.05, 0.1) is 6.61 Å². The lowest BCUT2D eigenvalue weighted by molar-refractivity contribution is -0.197. The van der Waals surface area contributed by atoms with Crippen LogP contribution in [-0.4, -0.2) is 15.4 Å². The average Bonchev–Trinajstić information content (AvgIpc) is 1.61. The number of hydrogen-bond acceptors (Lipinski definition) is 4. The molecule has 0 aromatic carbocycles. The van der Waals surface area contributed by atoms with E-state index >= 15 is 0 Å². The summed E-state index contributed by atoms with van der Waals surface area (Å²) < 4.78 is 22.4. The topological polar surface area (TPSA) is 58.6 Å². The monoisotopic (exact) mass is 125 g/mol. The molecule has 7 heavy (non-hydrogen) atoms. The van der Waals surface area contributed by atoms with E-state index < -0.39 is 11.4 Å². The molecule has 1 atom stereocenters. The quantitative estimate of drug-likeness (QED) is 0.296. The Hall–Kier alpha value is 0.0300. The molecule has 0 saturated carbocycles. The van der Waals surface area contributed by atoms with Crippen molar-refractivity contribution in [3.63, 3.8) is 0 Å². The Morgan fingerprint density at radius 2 is 2.43 bits per heavy atom. The molecular formula is C2H5O4S-. The third kappa shape index (κ3) is 6.03. The van der Waals surface area contributed by atoms with Gasteiger partial charge in [-0.05, 0) is 6.92 Å². The van der Waals surface area contributed by atoms with Gasteiger partial charge in [-0.3, -0.25) is 0 Å². The molecule has 0 aromatic rings. The summed E-state index contributed by atoms with van der Waals surface area (Å²) in [5.41, 5.74) is 0. The lowest BCUT2D eigenvalue weighted by Crippen LogP contribution is -1.95. The fourth-order valence-corrected chi connectivity index (χ4v) is 0.262. The van der Waals surface area contributed by atoms with Crippen LogP contribution in [-0.2, 0) is 20.6 Å². The molecular weight excluding hydrogens is 120 g/mol.